The molecule has 1 atom stereocenters. The van der Waals surface area contributed by atoms with Gasteiger partial charge in [0.05, 0.1) is 52.4 Å². The number of quaternary nitrogens is 1. The number of aliphatic hydroxyl groups excluding tert-OH is 1. The number of aliphatic hydroxyl groups is 1. The number of likely N-dealkylation sites (N-methyl/N-ethyl adjacent to an activating group) is 1. The minimum absolute atomic E-state index is 0. The van der Waals surface area contributed by atoms with Gasteiger partial charge in [0.2, 0.25) is 5.13 Å². The summed E-state index contributed by atoms with van der Waals surface area (Å²) in [5.74, 6) is 0.512. The first kappa shape index (κ1) is 26.1. The minimum atomic E-state index is -0.515. The van der Waals surface area contributed by atoms with Crippen molar-refractivity contribution < 1.29 is 43.2 Å². The van der Waals surface area contributed by atoms with Gasteiger partial charge >= 0.3 is 5.00 Å². The van der Waals surface area contributed by atoms with Gasteiger partial charge in [-0.3, -0.25) is 10.1 Å². The van der Waals surface area contributed by atoms with Crippen molar-refractivity contribution in [3.63, 3.8) is 0 Å². The summed E-state index contributed by atoms with van der Waals surface area (Å²) in [6.45, 7) is 3.92. The van der Waals surface area contributed by atoms with Gasteiger partial charge in [0.15, 0.2) is 0 Å². The molecule has 1 aromatic carbocycles. The summed E-state index contributed by atoms with van der Waals surface area (Å²) in [4.78, 5) is 16.2. The van der Waals surface area contributed by atoms with Crippen molar-refractivity contribution in [2.45, 2.75) is 13.0 Å². The van der Waals surface area contributed by atoms with E-state index in [9.17, 15) is 15.2 Å². The number of azo groups is 1. The molecule has 0 bridgehead atoms. The number of hydrogen-bond donors (Lipinski definition) is 1. The number of anilines is 1. The maximum Gasteiger partial charge on any atom is 0.345 e. The Morgan fingerprint density at radius 1 is 1.37 bits per heavy atom. The van der Waals surface area contributed by atoms with Crippen LogP contribution in [0, 0.1) is 10.1 Å². The van der Waals surface area contributed by atoms with Gasteiger partial charge in [0.25, 0.3) is 0 Å². The molecule has 1 aromatic heterocycles. The highest BCUT2D eigenvalue weighted by Gasteiger charge is 2.16. The number of ether oxygens (including phenoxy) is 1. The molecule has 2 aromatic rings. The molecular weight excluding hydrogens is 523 g/mol. The standard InChI is InChI=1S/C18H27N6O4S.HI/c1-13(25)12-22(8-9-24(2,3)4)14-6-7-15(16(10-14)28-5)20-21-18-19-11-17(29-18)23(26)27;/h6-7,10-11,13,25H,8-9,12H2,1-5H3;1H/q+1;/p-1. The van der Waals surface area contributed by atoms with Crippen molar-refractivity contribution >= 4 is 32.8 Å². The average Bonchev–Trinajstić information content (AvgIpc) is 3.11. The smallest absolute Gasteiger partial charge is 0.345 e. The first-order chi connectivity index (χ1) is 13.6. The van der Waals surface area contributed by atoms with Crippen molar-refractivity contribution in [1.29, 1.82) is 0 Å². The highest BCUT2D eigenvalue weighted by Crippen LogP contribution is 2.35. The normalized spacial score (nSPS) is 12.5. The lowest BCUT2D eigenvalue weighted by Crippen LogP contribution is -3.00. The molecule has 1 heterocycles. The molecule has 0 fully saturated rings. The highest BCUT2D eigenvalue weighted by atomic mass is 127. The second-order valence-electron chi connectivity index (χ2n) is 7.60. The summed E-state index contributed by atoms with van der Waals surface area (Å²) >= 11 is 0.848. The van der Waals surface area contributed by atoms with E-state index >= 15 is 0 Å². The molecule has 0 aliphatic carbocycles. The van der Waals surface area contributed by atoms with Gasteiger partial charge in [0.1, 0.15) is 17.6 Å². The predicted octanol–water partition coefficient (Wildman–Crippen LogP) is 0.373. The van der Waals surface area contributed by atoms with E-state index < -0.39 is 11.0 Å². The van der Waals surface area contributed by atoms with Crippen LogP contribution in [0.25, 0.3) is 0 Å². The molecule has 0 saturated carbocycles. The van der Waals surface area contributed by atoms with Crippen LogP contribution < -0.4 is 33.6 Å². The maximum atomic E-state index is 10.7. The Morgan fingerprint density at radius 3 is 2.60 bits per heavy atom. The second-order valence-corrected chi connectivity index (χ2v) is 8.59. The molecule has 166 valence electrons. The van der Waals surface area contributed by atoms with E-state index in [0.717, 1.165) is 40.8 Å². The molecule has 1 unspecified atom stereocenters. The maximum absolute atomic E-state index is 10.7. The van der Waals surface area contributed by atoms with Crippen LogP contribution in [0.3, 0.4) is 0 Å². The van der Waals surface area contributed by atoms with Crippen molar-refractivity contribution in [3.05, 3.63) is 34.5 Å². The van der Waals surface area contributed by atoms with Gasteiger partial charge < -0.3 is 43.2 Å². The molecule has 0 aliphatic heterocycles. The van der Waals surface area contributed by atoms with Gasteiger partial charge in [-0.15, -0.1) is 10.2 Å². The molecule has 0 spiro atoms. The SMILES string of the molecule is COc1cc(N(CC[N+](C)(C)C)CC(C)O)ccc1N=Nc1ncc([N+](=O)[O-])s1.[I-]. The van der Waals surface area contributed by atoms with E-state index in [-0.39, 0.29) is 34.1 Å². The van der Waals surface area contributed by atoms with E-state index in [0.29, 0.717) is 18.0 Å². The first-order valence-corrected chi connectivity index (χ1v) is 9.84. The molecule has 10 nitrogen and oxygen atoms in total. The Hall–Kier alpha value is -1.90. The molecule has 12 heteroatoms. The van der Waals surface area contributed by atoms with Gasteiger partial charge in [-0.05, 0) is 30.4 Å². The summed E-state index contributed by atoms with van der Waals surface area (Å²) in [7, 11) is 7.89. The number of hydrogen-bond acceptors (Lipinski definition) is 9. The number of thiazole rings is 1. The Kier molecular flexibility index (Phi) is 10.0. The van der Waals surface area contributed by atoms with Crippen LogP contribution in [0.4, 0.5) is 21.5 Å². The molecule has 1 N–H and O–H groups in total. The second kappa shape index (κ2) is 11.5. The zero-order chi connectivity index (χ0) is 21.6. The Balaban J connectivity index is 0.00000450. The van der Waals surface area contributed by atoms with Gasteiger partial charge in [-0.25, -0.2) is 4.98 Å². The fourth-order valence-corrected chi connectivity index (χ4v) is 3.05. The number of nitro groups is 1. The Labute approximate surface area is 197 Å². The zero-order valence-corrected chi connectivity index (χ0v) is 20.6. The van der Waals surface area contributed by atoms with Gasteiger partial charge in [0, 0.05) is 18.3 Å². The fourth-order valence-electron chi connectivity index (χ4n) is 2.50. The van der Waals surface area contributed by atoms with Gasteiger partial charge in [-0.1, -0.05) is 0 Å². The zero-order valence-electron chi connectivity index (χ0n) is 17.6. The van der Waals surface area contributed by atoms with E-state index in [1.165, 1.54) is 7.11 Å². The third-order valence-electron chi connectivity index (χ3n) is 3.96. The van der Waals surface area contributed by atoms with Crippen LogP contribution in [0.15, 0.2) is 34.6 Å². The monoisotopic (exact) mass is 550 g/mol. The van der Waals surface area contributed by atoms with E-state index in [2.05, 4.69) is 41.3 Å². The number of nitrogens with zero attached hydrogens (tertiary/aromatic N) is 6. The predicted molar refractivity (Wildman–Crippen MR) is 113 cm³/mol. The Morgan fingerprint density at radius 2 is 2.07 bits per heavy atom. The number of methoxy groups -OCH3 is 1. The minimum Gasteiger partial charge on any atom is -1.00 e. The average molecular weight is 550 g/mol. The summed E-state index contributed by atoms with van der Waals surface area (Å²) in [6.07, 6.45) is 0.676. The van der Waals surface area contributed by atoms with Crippen LogP contribution in [-0.4, -0.2) is 73.5 Å². The molecule has 2 rings (SSSR count). The molecule has 0 aliphatic rings. The number of benzene rings is 1. The first-order valence-electron chi connectivity index (χ1n) is 9.02. The van der Waals surface area contributed by atoms with Crippen LogP contribution in [0.1, 0.15) is 6.92 Å². The number of halogens is 1. The van der Waals surface area contributed by atoms with Crippen LogP contribution in [0.2, 0.25) is 0 Å². The largest absolute Gasteiger partial charge is 1.00 e. The summed E-state index contributed by atoms with van der Waals surface area (Å²) < 4.78 is 6.25. The molecule has 0 saturated heterocycles. The van der Waals surface area contributed by atoms with Crippen molar-refractivity contribution in [3.8, 4) is 5.75 Å². The highest BCUT2D eigenvalue weighted by molar-refractivity contribution is 7.18. The molecule has 30 heavy (non-hydrogen) atoms. The van der Waals surface area contributed by atoms with Gasteiger partial charge in [-0.2, -0.15) is 0 Å². The topological polar surface area (TPSA) is 113 Å². The van der Waals surface area contributed by atoms with E-state index in [1.807, 2.05) is 12.1 Å². The van der Waals surface area contributed by atoms with Crippen molar-refractivity contribution in [2.24, 2.45) is 10.2 Å². The van der Waals surface area contributed by atoms with Crippen molar-refractivity contribution in [2.75, 3.05) is 52.8 Å². The lowest BCUT2D eigenvalue weighted by molar-refractivity contribution is -0.868. The summed E-state index contributed by atoms with van der Waals surface area (Å²) in [5, 5.41) is 28.8. The number of rotatable bonds is 10. The van der Waals surface area contributed by atoms with Crippen LogP contribution >= 0.6 is 11.3 Å². The summed E-state index contributed by atoms with van der Waals surface area (Å²) in [5.41, 5.74) is 1.39. The molecular formula is C18H27IN6O4S. The van der Waals surface area contributed by atoms with Crippen molar-refractivity contribution in [1.82, 2.24) is 4.98 Å². The Bertz CT molecular complexity index is 869. The molecule has 0 amide bonds. The quantitative estimate of drug-likeness (QED) is 0.151. The van der Waals surface area contributed by atoms with E-state index in [1.54, 1.807) is 13.0 Å². The molecule has 0 radical (unpaired) electrons. The third-order valence-corrected chi connectivity index (χ3v) is 4.79. The fraction of sp³-hybridized carbons (Fsp3) is 0.500. The third kappa shape index (κ3) is 8.08. The van der Waals surface area contributed by atoms with E-state index in [4.69, 9.17) is 4.74 Å². The number of aromatic nitrogens is 1. The van der Waals surface area contributed by atoms with Crippen LogP contribution in [0.5, 0.6) is 5.75 Å². The lowest BCUT2D eigenvalue weighted by Gasteiger charge is -2.31. The lowest BCUT2D eigenvalue weighted by atomic mass is 10.2. The summed E-state index contributed by atoms with van der Waals surface area (Å²) in [6, 6.07) is 5.50. The van der Waals surface area contributed by atoms with Crippen LogP contribution in [-0.2, 0) is 0 Å².